The van der Waals surface area contributed by atoms with Crippen molar-refractivity contribution in [3.63, 3.8) is 0 Å². The number of nitrogens with zero attached hydrogens (tertiary/aromatic N) is 1. The Balaban J connectivity index is 1.72. The lowest BCUT2D eigenvalue weighted by atomic mass is 10.2. The molecular formula is C19H14ClNO5S. The first-order valence-electron chi connectivity index (χ1n) is 7.87. The minimum atomic E-state index is -1.06. The maximum absolute atomic E-state index is 12.6. The van der Waals surface area contributed by atoms with E-state index in [1.165, 1.54) is 0 Å². The normalized spacial score (nSPS) is 15.4. The number of carboxylic acid groups (broad SMARTS) is 1. The number of hydrogen-bond donors (Lipinski definition) is 1. The number of thioether (sulfide) groups is 1. The number of carbonyl (C=O) groups excluding carboxylic acids is 2. The van der Waals surface area contributed by atoms with Gasteiger partial charge in [-0.05, 0) is 47.2 Å². The molecule has 0 aliphatic carbocycles. The Kier molecular flexibility index (Phi) is 5.83. The van der Waals surface area contributed by atoms with Crippen LogP contribution in [-0.2, 0) is 16.1 Å². The molecule has 8 heteroatoms. The lowest BCUT2D eigenvalue weighted by Gasteiger charge is -2.13. The number of ether oxygens (including phenoxy) is 1. The second-order valence-corrected chi connectivity index (χ2v) is 7.01. The van der Waals surface area contributed by atoms with E-state index in [9.17, 15) is 14.4 Å². The summed E-state index contributed by atoms with van der Waals surface area (Å²) in [5, 5.41) is 8.74. The fraction of sp³-hybridized carbons (Fsp3) is 0.105. The van der Waals surface area contributed by atoms with E-state index in [0.29, 0.717) is 26.8 Å². The summed E-state index contributed by atoms with van der Waals surface area (Å²) in [4.78, 5) is 36.7. The molecule has 0 saturated carbocycles. The maximum Gasteiger partial charge on any atom is 0.341 e. The van der Waals surface area contributed by atoms with Crippen molar-refractivity contribution in [2.45, 2.75) is 6.54 Å². The Labute approximate surface area is 164 Å². The van der Waals surface area contributed by atoms with Gasteiger partial charge in [0.1, 0.15) is 5.75 Å². The van der Waals surface area contributed by atoms with Crippen LogP contribution in [0.4, 0.5) is 4.79 Å². The van der Waals surface area contributed by atoms with Crippen LogP contribution in [-0.4, -0.2) is 33.7 Å². The van der Waals surface area contributed by atoms with E-state index in [0.717, 1.165) is 16.7 Å². The number of rotatable bonds is 6. The number of amides is 2. The molecule has 3 rings (SSSR count). The fourth-order valence-electron chi connectivity index (χ4n) is 2.39. The van der Waals surface area contributed by atoms with E-state index in [1.807, 2.05) is 0 Å². The van der Waals surface area contributed by atoms with E-state index in [4.69, 9.17) is 21.4 Å². The Morgan fingerprint density at radius 2 is 1.85 bits per heavy atom. The quantitative estimate of drug-likeness (QED) is 0.733. The number of carbonyl (C=O) groups is 3. The molecular weight excluding hydrogens is 390 g/mol. The predicted octanol–water partition coefficient (Wildman–Crippen LogP) is 4.04. The van der Waals surface area contributed by atoms with Crippen molar-refractivity contribution in [2.75, 3.05) is 6.61 Å². The largest absolute Gasteiger partial charge is 0.482 e. The van der Waals surface area contributed by atoms with Gasteiger partial charge in [0.2, 0.25) is 0 Å². The second-order valence-electron chi connectivity index (χ2n) is 5.61. The van der Waals surface area contributed by atoms with Crippen molar-refractivity contribution in [3.8, 4) is 5.75 Å². The summed E-state index contributed by atoms with van der Waals surface area (Å²) >= 11 is 6.97. The summed E-state index contributed by atoms with van der Waals surface area (Å²) in [6.07, 6.45) is 1.61. The molecule has 2 aromatic rings. The molecule has 0 atom stereocenters. The smallest absolute Gasteiger partial charge is 0.341 e. The highest BCUT2D eigenvalue weighted by Gasteiger charge is 2.35. The standard InChI is InChI=1S/C19H14ClNO5S/c20-15-4-2-1-3-13(15)10-21-18(24)16(27-19(21)25)9-12-5-7-14(8-6-12)26-11-17(22)23/h1-9H,10-11H2,(H,22,23)/b16-9-. The lowest BCUT2D eigenvalue weighted by molar-refractivity contribution is -0.139. The monoisotopic (exact) mass is 403 g/mol. The summed E-state index contributed by atoms with van der Waals surface area (Å²) in [5.41, 5.74) is 1.39. The molecule has 27 heavy (non-hydrogen) atoms. The first kappa shape index (κ1) is 19.0. The van der Waals surface area contributed by atoms with Crippen molar-refractivity contribution in [2.24, 2.45) is 0 Å². The Hall–Kier alpha value is -2.77. The number of carboxylic acids is 1. The van der Waals surface area contributed by atoms with Crippen LogP contribution in [0.2, 0.25) is 5.02 Å². The van der Waals surface area contributed by atoms with Gasteiger partial charge in [-0.15, -0.1) is 0 Å². The van der Waals surface area contributed by atoms with Crippen LogP contribution in [0, 0.1) is 0 Å². The summed E-state index contributed by atoms with van der Waals surface area (Å²) in [6.45, 7) is -0.316. The van der Waals surface area contributed by atoms with Crippen LogP contribution in [0.25, 0.3) is 6.08 Å². The van der Waals surface area contributed by atoms with Crippen LogP contribution in [0.1, 0.15) is 11.1 Å². The van der Waals surface area contributed by atoms with Gasteiger partial charge in [0.15, 0.2) is 6.61 Å². The first-order chi connectivity index (χ1) is 12.9. The number of halogens is 1. The topological polar surface area (TPSA) is 83.9 Å². The average molecular weight is 404 g/mol. The minimum Gasteiger partial charge on any atom is -0.482 e. The van der Waals surface area contributed by atoms with Gasteiger partial charge in [-0.1, -0.05) is 41.9 Å². The zero-order chi connectivity index (χ0) is 19.4. The molecule has 1 heterocycles. The van der Waals surface area contributed by atoms with Crippen LogP contribution in [0.3, 0.4) is 0 Å². The van der Waals surface area contributed by atoms with Gasteiger partial charge in [-0.3, -0.25) is 14.5 Å². The molecule has 138 valence electrons. The number of aliphatic carboxylic acids is 1. The van der Waals surface area contributed by atoms with Gasteiger partial charge in [-0.25, -0.2) is 4.79 Å². The van der Waals surface area contributed by atoms with Crippen molar-refractivity contribution in [1.29, 1.82) is 0 Å². The molecule has 1 fully saturated rings. The molecule has 0 spiro atoms. The molecule has 0 unspecified atom stereocenters. The average Bonchev–Trinajstić information content (AvgIpc) is 2.90. The van der Waals surface area contributed by atoms with Crippen LogP contribution in [0.15, 0.2) is 53.4 Å². The third kappa shape index (κ3) is 4.69. The van der Waals surface area contributed by atoms with E-state index >= 15 is 0 Å². The van der Waals surface area contributed by atoms with Crippen molar-refractivity contribution in [1.82, 2.24) is 4.90 Å². The second kappa shape index (κ2) is 8.28. The van der Waals surface area contributed by atoms with Gasteiger partial charge >= 0.3 is 5.97 Å². The summed E-state index contributed by atoms with van der Waals surface area (Å²) < 4.78 is 5.06. The van der Waals surface area contributed by atoms with Crippen molar-refractivity contribution >= 4 is 46.6 Å². The molecule has 6 nitrogen and oxygen atoms in total. The van der Waals surface area contributed by atoms with E-state index < -0.39 is 12.6 Å². The van der Waals surface area contributed by atoms with Gasteiger partial charge in [0.25, 0.3) is 11.1 Å². The first-order valence-corrected chi connectivity index (χ1v) is 9.07. The van der Waals surface area contributed by atoms with E-state index in [1.54, 1.807) is 54.6 Å². The molecule has 2 amide bonds. The third-order valence-corrected chi connectivity index (χ3v) is 4.98. The zero-order valence-electron chi connectivity index (χ0n) is 13.9. The molecule has 1 saturated heterocycles. The zero-order valence-corrected chi connectivity index (χ0v) is 15.5. The number of benzene rings is 2. The van der Waals surface area contributed by atoms with E-state index in [2.05, 4.69) is 0 Å². The molecule has 1 aliphatic heterocycles. The van der Waals surface area contributed by atoms with Crippen LogP contribution >= 0.6 is 23.4 Å². The predicted molar refractivity (Wildman–Crippen MR) is 103 cm³/mol. The third-order valence-electron chi connectivity index (χ3n) is 3.70. The van der Waals surface area contributed by atoms with Gasteiger partial charge in [-0.2, -0.15) is 0 Å². The minimum absolute atomic E-state index is 0.115. The molecule has 0 bridgehead atoms. The van der Waals surface area contributed by atoms with Gasteiger partial charge in [0, 0.05) is 5.02 Å². The van der Waals surface area contributed by atoms with Crippen molar-refractivity contribution in [3.05, 3.63) is 69.6 Å². The molecule has 0 radical (unpaired) electrons. The molecule has 1 N–H and O–H groups in total. The van der Waals surface area contributed by atoms with Gasteiger partial charge in [0.05, 0.1) is 11.4 Å². The highest BCUT2D eigenvalue weighted by molar-refractivity contribution is 8.18. The lowest BCUT2D eigenvalue weighted by Crippen LogP contribution is -2.27. The Morgan fingerprint density at radius 1 is 1.15 bits per heavy atom. The Morgan fingerprint density at radius 3 is 2.52 bits per heavy atom. The maximum atomic E-state index is 12.6. The summed E-state index contributed by atoms with van der Waals surface area (Å²) in [6, 6.07) is 13.6. The van der Waals surface area contributed by atoms with Crippen LogP contribution < -0.4 is 4.74 Å². The fourth-order valence-corrected chi connectivity index (χ4v) is 3.42. The van der Waals surface area contributed by atoms with Gasteiger partial charge < -0.3 is 9.84 Å². The highest BCUT2D eigenvalue weighted by Crippen LogP contribution is 2.34. The summed E-state index contributed by atoms with van der Waals surface area (Å²) in [5.74, 6) is -1.04. The molecule has 1 aliphatic rings. The number of hydrogen-bond acceptors (Lipinski definition) is 5. The number of imide groups is 1. The molecule has 2 aromatic carbocycles. The van der Waals surface area contributed by atoms with E-state index in [-0.39, 0.29) is 17.7 Å². The Bertz CT molecular complexity index is 926. The molecule has 0 aromatic heterocycles. The SMILES string of the molecule is O=C(O)COc1ccc(/C=C2\SC(=O)N(Cc3ccccc3Cl)C2=O)cc1. The van der Waals surface area contributed by atoms with Crippen LogP contribution in [0.5, 0.6) is 5.75 Å². The highest BCUT2D eigenvalue weighted by atomic mass is 35.5. The van der Waals surface area contributed by atoms with Crippen molar-refractivity contribution < 1.29 is 24.2 Å². The summed E-state index contributed by atoms with van der Waals surface area (Å²) in [7, 11) is 0.